The van der Waals surface area contributed by atoms with Gasteiger partial charge in [0, 0.05) is 18.5 Å². The molecule has 3 aromatic carbocycles. The van der Waals surface area contributed by atoms with Gasteiger partial charge in [0.25, 0.3) is 0 Å². The van der Waals surface area contributed by atoms with Crippen LogP contribution in [0.15, 0.2) is 91.0 Å². The smallest absolute Gasteiger partial charge is 0.244 e. The molecular formula is C29H35N3O4S. The van der Waals surface area contributed by atoms with Gasteiger partial charge in [-0.15, -0.1) is 0 Å². The maximum Gasteiger partial charge on any atom is 0.244 e. The van der Waals surface area contributed by atoms with Crippen molar-refractivity contribution < 1.29 is 18.0 Å². The molecule has 0 aliphatic rings. The Morgan fingerprint density at radius 1 is 0.811 bits per heavy atom. The minimum absolute atomic E-state index is 0.154. The van der Waals surface area contributed by atoms with Gasteiger partial charge in [0.15, 0.2) is 0 Å². The van der Waals surface area contributed by atoms with Crippen LogP contribution in [0.2, 0.25) is 0 Å². The molecular weight excluding hydrogens is 486 g/mol. The highest BCUT2D eigenvalue weighted by atomic mass is 32.2. The summed E-state index contributed by atoms with van der Waals surface area (Å²) in [5, 5.41) is 3.01. The fourth-order valence-electron chi connectivity index (χ4n) is 3.99. The molecule has 0 aliphatic carbocycles. The maximum absolute atomic E-state index is 13.9. The van der Waals surface area contributed by atoms with Crippen LogP contribution in [0.1, 0.15) is 31.9 Å². The van der Waals surface area contributed by atoms with Crippen molar-refractivity contribution in [3.8, 4) is 0 Å². The molecule has 3 rings (SSSR count). The average Bonchev–Trinajstić information content (AvgIpc) is 2.84. The van der Waals surface area contributed by atoms with E-state index in [4.69, 9.17) is 0 Å². The highest BCUT2D eigenvalue weighted by molar-refractivity contribution is 7.92. The van der Waals surface area contributed by atoms with Gasteiger partial charge in [0.05, 0.1) is 11.9 Å². The van der Waals surface area contributed by atoms with Crippen LogP contribution >= 0.6 is 0 Å². The van der Waals surface area contributed by atoms with Crippen molar-refractivity contribution in [1.82, 2.24) is 10.2 Å². The Labute approximate surface area is 220 Å². The summed E-state index contributed by atoms with van der Waals surface area (Å²) in [5.41, 5.74) is 1.60. The van der Waals surface area contributed by atoms with Gasteiger partial charge in [0.2, 0.25) is 21.8 Å². The van der Waals surface area contributed by atoms with E-state index in [0.29, 0.717) is 5.69 Å². The number of carbonyl (C=O) groups excluding carboxylic acids is 2. The van der Waals surface area contributed by atoms with Gasteiger partial charge in [-0.2, -0.15) is 0 Å². The van der Waals surface area contributed by atoms with E-state index in [2.05, 4.69) is 5.32 Å². The van der Waals surface area contributed by atoms with Gasteiger partial charge in [-0.25, -0.2) is 8.42 Å². The molecule has 2 amide bonds. The molecule has 0 aliphatic heterocycles. The van der Waals surface area contributed by atoms with Gasteiger partial charge in [-0.1, -0.05) is 78.9 Å². The first-order chi connectivity index (χ1) is 17.4. The molecule has 0 aromatic heterocycles. The predicted molar refractivity (Wildman–Crippen MR) is 147 cm³/mol. The lowest BCUT2D eigenvalue weighted by Gasteiger charge is -2.35. The highest BCUT2D eigenvalue weighted by Crippen LogP contribution is 2.20. The summed E-state index contributed by atoms with van der Waals surface area (Å²) < 4.78 is 26.5. The lowest BCUT2D eigenvalue weighted by molar-refractivity contribution is -0.140. The summed E-state index contributed by atoms with van der Waals surface area (Å²) in [6.07, 6.45) is 1.36. The molecule has 1 atom stereocenters. The fraction of sp³-hybridized carbons (Fsp3) is 0.310. The van der Waals surface area contributed by atoms with Crippen LogP contribution < -0.4 is 9.62 Å². The topological polar surface area (TPSA) is 86.8 Å². The molecule has 7 nitrogen and oxygen atoms in total. The predicted octanol–water partition coefficient (Wildman–Crippen LogP) is 4.01. The first-order valence-corrected chi connectivity index (χ1v) is 14.0. The molecule has 0 saturated heterocycles. The van der Waals surface area contributed by atoms with Crippen LogP contribution in [-0.2, 0) is 32.6 Å². The Bertz CT molecular complexity index is 1270. The molecule has 8 heteroatoms. The Morgan fingerprint density at radius 3 is 1.78 bits per heavy atom. The van der Waals surface area contributed by atoms with Crippen LogP contribution in [0.3, 0.4) is 0 Å². The van der Waals surface area contributed by atoms with Gasteiger partial charge in [-0.05, 0) is 44.0 Å². The van der Waals surface area contributed by atoms with Crippen LogP contribution in [0.25, 0.3) is 0 Å². The van der Waals surface area contributed by atoms with Crippen molar-refractivity contribution in [2.24, 2.45) is 0 Å². The minimum atomic E-state index is -3.77. The second-order valence-corrected chi connectivity index (χ2v) is 12.0. The summed E-state index contributed by atoms with van der Waals surface area (Å²) in [5.74, 6) is -0.769. The largest absolute Gasteiger partial charge is 0.350 e. The van der Waals surface area contributed by atoms with Crippen molar-refractivity contribution in [3.05, 3.63) is 102 Å². The standard InChI is InChI=1S/C29H35N3O4S/c1-29(2,3)30-28(34)26(20-23-14-8-5-9-15-23)31(21-24-16-10-6-11-17-24)27(33)22-32(37(4,35)36)25-18-12-7-13-19-25/h5-19,26H,20-22H2,1-4H3,(H,30,34)/t26-/m0/s1. The SMILES string of the molecule is CC(C)(C)NC(=O)[C@H](Cc1ccccc1)N(Cc1ccccc1)C(=O)CN(c1ccccc1)S(C)(=O)=O. The third-order valence-electron chi connectivity index (χ3n) is 5.69. The number of rotatable bonds is 10. The quantitative estimate of drug-likeness (QED) is 0.437. The third kappa shape index (κ3) is 8.46. The van der Waals surface area contributed by atoms with Crippen molar-refractivity contribution in [3.63, 3.8) is 0 Å². The second-order valence-electron chi connectivity index (χ2n) is 10.1. The van der Waals surface area contributed by atoms with E-state index in [9.17, 15) is 18.0 Å². The molecule has 3 aromatic rings. The van der Waals surface area contributed by atoms with Crippen LogP contribution in [0, 0.1) is 0 Å². The van der Waals surface area contributed by atoms with Crippen molar-refractivity contribution in [2.75, 3.05) is 17.1 Å². The van der Waals surface area contributed by atoms with Crippen LogP contribution in [0.5, 0.6) is 0 Å². The number of nitrogens with one attached hydrogen (secondary N) is 1. The summed E-state index contributed by atoms with van der Waals surface area (Å²) in [6, 6.07) is 26.5. The number of sulfonamides is 1. The zero-order valence-electron chi connectivity index (χ0n) is 21.8. The van der Waals surface area contributed by atoms with E-state index in [1.165, 1.54) is 4.90 Å². The minimum Gasteiger partial charge on any atom is -0.350 e. The molecule has 0 fully saturated rings. The summed E-state index contributed by atoms with van der Waals surface area (Å²) >= 11 is 0. The first kappa shape index (κ1) is 27.9. The molecule has 37 heavy (non-hydrogen) atoms. The van der Waals surface area contributed by atoms with Gasteiger partial charge < -0.3 is 10.2 Å². The lowest BCUT2D eigenvalue weighted by atomic mass is 10.0. The van der Waals surface area contributed by atoms with Crippen LogP contribution in [-0.4, -0.2) is 49.5 Å². The third-order valence-corrected chi connectivity index (χ3v) is 6.83. The Hall–Kier alpha value is -3.65. The fourth-order valence-corrected chi connectivity index (χ4v) is 4.84. The summed E-state index contributed by atoms with van der Waals surface area (Å²) in [4.78, 5) is 29.0. The molecule has 0 unspecified atom stereocenters. The first-order valence-electron chi connectivity index (χ1n) is 12.2. The van der Waals surface area contributed by atoms with Gasteiger partial charge in [0.1, 0.15) is 12.6 Å². The van der Waals surface area contributed by atoms with Gasteiger partial charge in [-0.3, -0.25) is 13.9 Å². The number of carbonyl (C=O) groups is 2. The highest BCUT2D eigenvalue weighted by Gasteiger charge is 2.34. The van der Waals surface area contributed by atoms with Gasteiger partial charge >= 0.3 is 0 Å². The number of hydrogen-bond donors (Lipinski definition) is 1. The van der Waals surface area contributed by atoms with E-state index >= 15 is 0 Å². The monoisotopic (exact) mass is 521 g/mol. The molecule has 0 heterocycles. The molecule has 0 saturated carbocycles. The van der Waals surface area contributed by atoms with E-state index in [1.807, 2.05) is 81.4 Å². The molecule has 1 N–H and O–H groups in total. The Morgan fingerprint density at radius 2 is 1.30 bits per heavy atom. The summed E-state index contributed by atoms with van der Waals surface area (Å²) in [7, 11) is -3.77. The maximum atomic E-state index is 13.9. The molecule has 0 radical (unpaired) electrons. The zero-order valence-corrected chi connectivity index (χ0v) is 22.6. The number of amides is 2. The molecule has 196 valence electrons. The van der Waals surface area contributed by atoms with E-state index < -0.39 is 34.1 Å². The number of nitrogens with zero attached hydrogens (tertiary/aromatic N) is 2. The summed E-state index contributed by atoms with van der Waals surface area (Å²) in [6.45, 7) is 5.38. The van der Waals surface area contributed by atoms with Crippen molar-refractivity contribution in [1.29, 1.82) is 0 Å². The van der Waals surface area contributed by atoms with Crippen molar-refractivity contribution in [2.45, 2.75) is 45.3 Å². The normalized spacial score (nSPS) is 12.4. The molecule has 0 spiro atoms. The number of hydrogen-bond acceptors (Lipinski definition) is 4. The Kier molecular flexibility index (Phi) is 9.10. The Balaban J connectivity index is 2.04. The lowest BCUT2D eigenvalue weighted by Crippen LogP contribution is -2.56. The van der Waals surface area contributed by atoms with Crippen LogP contribution in [0.4, 0.5) is 5.69 Å². The number of benzene rings is 3. The van der Waals surface area contributed by atoms with E-state index in [-0.39, 0.29) is 18.9 Å². The second kappa shape index (κ2) is 12.1. The van der Waals surface area contributed by atoms with E-state index in [0.717, 1.165) is 21.7 Å². The molecule has 0 bridgehead atoms. The number of para-hydroxylation sites is 1. The average molecular weight is 522 g/mol. The number of anilines is 1. The van der Waals surface area contributed by atoms with E-state index in [1.54, 1.807) is 30.3 Å². The van der Waals surface area contributed by atoms with Crippen molar-refractivity contribution >= 4 is 27.5 Å². The zero-order chi connectivity index (χ0) is 27.1.